The van der Waals surface area contributed by atoms with Crippen molar-refractivity contribution in [3.05, 3.63) is 57.5 Å². The average Bonchev–Trinajstić information content (AvgIpc) is 3.56. The first kappa shape index (κ1) is 20.1. The number of carbonyl (C=O) groups excluding carboxylic acids is 1. The zero-order chi connectivity index (χ0) is 21.7. The molecule has 2 saturated carbocycles. The number of piperidine rings is 1. The molecule has 2 atom stereocenters. The first-order valence-corrected chi connectivity index (χ1v) is 12.2. The minimum Gasteiger partial charge on any atom is -0.332 e. The fourth-order valence-electron chi connectivity index (χ4n) is 6.11. The molecule has 0 unspecified atom stereocenters. The van der Waals surface area contributed by atoms with E-state index in [9.17, 15) is 9.59 Å². The summed E-state index contributed by atoms with van der Waals surface area (Å²) in [6.45, 7) is 3.12. The molecular formula is C25H31N5O2. The molecule has 2 aromatic heterocycles. The summed E-state index contributed by atoms with van der Waals surface area (Å²) in [6, 6.07) is 3.97. The average molecular weight is 434 g/mol. The summed E-state index contributed by atoms with van der Waals surface area (Å²) >= 11 is 0. The first-order valence-electron chi connectivity index (χ1n) is 12.2. The highest BCUT2D eigenvalue weighted by Gasteiger charge is 2.62. The molecule has 1 saturated heterocycles. The molecule has 1 spiro atoms. The van der Waals surface area contributed by atoms with E-state index < -0.39 is 0 Å². The lowest BCUT2D eigenvalue weighted by Gasteiger charge is -2.37. The van der Waals surface area contributed by atoms with Crippen LogP contribution in [0.3, 0.4) is 0 Å². The third-order valence-corrected chi connectivity index (χ3v) is 8.27. The standard InChI is InChI=1S/C25H31N5O2/c31-23-18-7-13-29(15-17-5-10-26-11-6-17)16-20(18)27-22(28-23)21-4-1-2-12-30(21)24(32)19-14-25(19)8-3-9-25/h5-6,10-11,19,21H,1-4,7-9,12-16H2,(H,27,28,31)/t19-,21+/m0/s1. The first-order chi connectivity index (χ1) is 15.6. The number of hydrogen-bond donors (Lipinski definition) is 1. The topological polar surface area (TPSA) is 82.2 Å². The molecular weight excluding hydrogens is 402 g/mol. The molecule has 7 nitrogen and oxygen atoms in total. The van der Waals surface area contributed by atoms with Gasteiger partial charge in [0.1, 0.15) is 5.82 Å². The highest BCUT2D eigenvalue weighted by Crippen LogP contribution is 2.66. The van der Waals surface area contributed by atoms with Crippen LogP contribution in [0.4, 0.5) is 0 Å². The van der Waals surface area contributed by atoms with Crippen LogP contribution in [0.1, 0.15) is 73.6 Å². The second kappa shape index (κ2) is 7.80. The van der Waals surface area contributed by atoms with Gasteiger partial charge in [0, 0.05) is 50.1 Å². The number of likely N-dealkylation sites (tertiary alicyclic amines) is 1. The van der Waals surface area contributed by atoms with Gasteiger partial charge in [-0.25, -0.2) is 4.98 Å². The Morgan fingerprint density at radius 2 is 2.00 bits per heavy atom. The van der Waals surface area contributed by atoms with Crippen LogP contribution in [0.15, 0.2) is 29.3 Å². The Morgan fingerprint density at radius 3 is 2.75 bits per heavy atom. The Bertz CT molecular complexity index is 1080. The maximum absolute atomic E-state index is 13.4. The van der Waals surface area contributed by atoms with Gasteiger partial charge in [-0.15, -0.1) is 0 Å². The van der Waals surface area contributed by atoms with Crippen LogP contribution >= 0.6 is 0 Å². The molecule has 1 amide bonds. The Balaban J connectivity index is 1.24. The number of aromatic nitrogens is 3. The Labute approximate surface area is 188 Å². The van der Waals surface area contributed by atoms with E-state index in [1.807, 2.05) is 29.4 Å². The van der Waals surface area contributed by atoms with Crippen molar-refractivity contribution < 1.29 is 4.79 Å². The van der Waals surface area contributed by atoms with E-state index in [4.69, 9.17) is 4.98 Å². The fraction of sp³-hybridized carbons (Fsp3) is 0.600. The van der Waals surface area contributed by atoms with E-state index >= 15 is 0 Å². The summed E-state index contributed by atoms with van der Waals surface area (Å²) in [6.07, 6.45) is 12.1. The molecule has 3 fully saturated rings. The van der Waals surface area contributed by atoms with Crippen molar-refractivity contribution in [3.8, 4) is 0 Å². The molecule has 2 aliphatic carbocycles. The van der Waals surface area contributed by atoms with Crippen molar-refractivity contribution in [1.29, 1.82) is 0 Å². The van der Waals surface area contributed by atoms with Crippen molar-refractivity contribution in [2.75, 3.05) is 13.1 Å². The molecule has 1 N–H and O–H groups in total. The molecule has 32 heavy (non-hydrogen) atoms. The van der Waals surface area contributed by atoms with Crippen LogP contribution in [0.2, 0.25) is 0 Å². The summed E-state index contributed by atoms with van der Waals surface area (Å²) in [5.74, 6) is 1.20. The van der Waals surface area contributed by atoms with Gasteiger partial charge in [0.2, 0.25) is 5.91 Å². The summed E-state index contributed by atoms with van der Waals surface area (Å²) < 4.78 is 0. The second-order valence-electron chi connectivity index (χ2n) is 10.2. The molecule has 4 aliphatic rings. The van der Waals surface area contributed by atoms with Crippen molar-refractivity contribution in [3.63, 3.8) is 0 Å². The van der Waals surface area contributed by atoms with Crippen LogP contribution in [0.5, 0.6) is 0 Å². The fourth-order valence-corrected chi connectivity index (χ4v) is 6.11. The molecule has 0 aromatic carbocycles. The number of nitrogens with one attached hydrogen (secondary N) is 1. The van der Waals surface area contributed by atoms with E-state index in [0.717, 1.165) is 56.6 Å². The maximum Gasteiger partial charge on any atom is 0.254 e. The van der Waals surface area contributed by atoms with Gasteiger partial charge in [0.15, 0.2) is 0 Å². The van der Waals surface area contributed by atoms with E-state index in [1.165, 1.54) is 24.8 Å². The van der Waals surface area contributed by atoms with E-state index in [1.54, 1.807) is 0 Å². The number of H-pyrrole nitrogens is 1. The van der Waals surface area contributed by atoms with Gasteiger partial charge in [-0.1, -0.05) is 6.42 Å². The number of rotatable bonds is 4. The maximum atomic E-state index is 13.4. The lowest BCUT2D eigenvalue weighted by atomic mass is 9.79. The monoisotopic (exact) mass is 433 g/mol. The number of carbonyl (C=O) groups is 1. The Kier molecular flexibility index (Phi) is 4.90. The number of fused-ring (bicyclic) bond motifs is 1. The lowest BCUT2D eigenvalue weighted by Crippen LogP contribution is -2.43. The van der Waals surface area contributed by atoms with Crippen LogP contribution in [0.25, 0.3) is 0 Å². The predicted molar refractivity (Wildman–Crippen MR) is 120 cm³/mol. The molecule has 2 aliphatic heterocycles. The number of hydrogen-bond acceptors (Lipinski definition) is 5. The van der Waals surface area contributed by atoms with Crippen LogP contribution in [-0.2, 0) is 24.3 Å². The van der Waals surface area contributed by atoms with E-state index in [2.05, 4.69) is 14.9 Å². The van der Waals surface area contributed by atoms with Crippen LogP contribution in [-0.4, -0.2) is 43.7 Å². The molecule has 0 bridgehead atoms. The lowest BCUT2D eigenvalue weighted by molar-refractivity contribution is -0.138. The predicted octanol–water partition coefficient (Wildman–Crippen LogP) is 2.97. The minimum atomic E-state index is -0.0949. The summed E-state index contributed by atoms with van der Waals surface area (Å²) in [5, 5.41) is 0. The van der Waals surface area contributed by atoms with Gasteiger partial charge < -0.3 is 9.88 Å². The highest BCUT2D eigenvalue weighted by atomic mass is 16.2. The van der Waals surface area contributed by atoms with Gasteiger partial charge in [0.05, 0.1) is 11.7 Å². The van der Waals surface area contributed by atoms with Crippen LogP contribution in [0, 0.1) is 11.3 Å². The molecule has 4 heterocycles. The summed E-state index contributed by atoms with van der Waals surface area (Å²) in [7, 11) is 0. The van der Waals surface area contributed by atoms with Crippen molar-refractivity contribution >= 4 is 5.91 Å². The molecule has 2 aromatic rings. The zero-order valence-corrected chi connectivity index (χ0v) is 18.6. The van der Waals surface area contributed by atoms with Gasteiger partial charge >= 0.3 is 0 Å². The SMILES string of the molecule is O=C([C@@H]1CC12CCC2)N1CCCC[C@@H]1c1nc2c(c(=O)[nH]1)CCN(Cc1ccncc1)C2. The normalized spacial score (nSPS) is 26.4. The van der Waals surface area contributed by atoms with Crippen LogP contribution < -0.4 is 5.56 Å². The number of pyridine rings is 1. The van der Waals surface area contributed by atoms with Crippen molar-refractivity contribution in [1.82, 2.24) is 24.8 Å². The van der Waals surface area contributed by atoms with Crippen molar-refractivity contribution in [2.45, 2.75) is 70.5 Å². The quantitative estimate of drug-likeness (QED) is 0.802. The Hall–Kier alpha value is -2.54. The molecule has 7 heteroatoms. The van der Waals surface area contributed by atoms with Gasteiger partial charge in [-0.3, -0.25) is 19.5 Å². The number of aromatic amines is 1. The van der Waals surface area contributed by atoms with Gasteiger partial charge in [-0.05, 0) is 68.1 Å². The molecule has 0 radical (unpaired) electrons. The Morgan fingerprint density at radius 1 is 1.16 bits per heavy atom. The minimum absolute atomic E-state index is 0.0200. The summed E-state index contributed by atoms with van der Waals surface area (Å²) in [5.41, 5.74) is 3.21. The van der Waals surface area contributed by atoms with Gasteiger partial charge in [0.25, 0.3) is 5.56 Å². The third kappa shape index (κ3) is 3.47. The number of nitrogens with zero attached hydrogens (tertiary/aromatic N) is 4. The second-order valence-corrected chi connectivity index (χ2v) is 10.2. The smallest absolute Gasteiger partial charge is 0.254 e. The third-order valence-electron chi connectivity index (χ3n) is 8.27. The van der Waals surface area contributed by atoms with Gasteiger partial charge in [-0.2, -0.15) is 0 Å². The van der Waals surface area contributed by atoms with E-state index in [0.29, 0.717) is 30.1 Å². The molecule has 168 valence electrons. The van der Waals surface area contributed by atoms with Crippen molar-refractivity contribution in [2.24, 2.45) is 11.3 Å². The largest absolute Gasteiger partial charge is 0.332 e. The highest BCUT2D eigenvalue weighted by molar-refractivity contribution is 5.83. The van der Waals surface area contributed by atoms with E-state index in [-0.39, 0.29) is 17.5 Å². The number of amides is 1. The zero-order valence-electron chi connectivity index (χ0n) is 18.6. The molecule has 6 rings (SSSR count). The summed E-state index contributed by atoms with van der Waals surface area (Å²) in [4.78, 5) is 42.8.